The van der Waals surface area contributed by atoms with Gasteiger partial charge in [0.25, 0.3) is 11.5 Å². The maximum Gasteiger partial charge on any atom is 0.270 e. The lowest BCUT2D eigenvalue weighted by atomic mass is 10.0. The van der Waals surface area contributed by atoms with E-state index in [9.17, 15) is 9.59 Å². The number of hydrogen-bond donors (Lipinski definition) is 1. The van der Waals surface area contributed by atoms with Gasteiger partial charge in [0.15, 0.2) is 0 Å². The Labute approximate surface area is 150 Å². The van der Waals surface area contributed by atoms with Crippen molar-refractivity contribution in [3.8, 4) is 0 Å². The lowest BCUT2D eigenvalue weighted by Gasteiger charge is -2.36. The number of aromatic nitrogens is 3. The first kappa shape index (κ1) is 16.4. The molecule has 0 spiro atoms. The number of fused-ring (bicyclic) bond motifs is 1. The quantitative estimate of drug-likeness (QED) is 0.752. The minimum Gasteiger partial charge on any atom is -0.329 e. The number of amides is 1. The molecular weight excluding hydrogens is 330 g/mol. The number of nitrogens with zero attached hydrogens (tertiary/aromatic N) is 4. The van der Waals surface area contributed by atoms with Crippen molar-refractivity contribution < 1.29 is 4.79 Å². The lowest BCUT2D eigenvalue weighted by Crippen LogP contribution is -2.49. The summed E-state index contributed by atoms with van der Waals surface area (Å²) in [6.07, 6.45) is 6.55. The molecule has 1 aliphatic heterocycles. The van der Waals surface area contributed by atoms with Gasteiger partial charge in [0, 0.05) is 44.4 Å². The van der Waals surface area contributed by atoms with Crippen LogP contribution in [-0.4, -0.2) is 44.8 Å². The molecule has 132 valence electrons. The van der Waals surface area contributed by atoms with Crippen LogP contribution in [0.15, 0.2) is 53.8 Å². The van der Waals surface area contributed by atoms with Crippen LogP contribution in [-0.2, 0) is 0 Å². The van der Waals surface area contributed by atoms with Gasteiger partial charge in [-0.2, -0.15) is 0 Å². The SMILES string of the molecule is Cc1ccc2ncc(C(=O)N3CCNCC3c3cccnc3)c(=O)n2c1. The summed E-state index contributed by atoms with van der Waals surface area (Å²) < 4.78 is 1.43. The van der Waals surface area contributed by atoms with Gasteiger partial charge in [-0.05, 0) is 30.2 Å². The van der Waals surface area contributed by atoms with Gasteiger partial charge in [-0.3, -0.25) is 19.0 Å². The van der Waals surface area contributed by atoms with Crippen molar-refractivity contribution in [2.24, 2.45) is 0 Å². The third kappa shape index (κ3) is 2.86. The summed E-state index contributed by atoms with van der Waals surface area (Å²) in [5, 5.41) is 3.30. The van der Waals surface area contributed by atoms with E-state index in [0.29, 0.717) is 25.3 Å². The van der Waals surface area contributed by atoms with Gasteiger partial charge < -0.3 is 10.2 Å². The molecule has 4 rings (SSSR count). The molecule has 26 heavy (non-hydrogen) atoms. The molecule has 0 saturated carbocycles. The number of hydrogen-bond acceptors (Lipinski definition) is 5. The average Bonchev–Trinajstić information content (AvgIpc) is 2.69. The van der Waals surface area contributed by atoms with E-state index in [1.165, 1.54) is 10.6 Å². The number of piperazine rings is 1. The Morgan fingerprint density at radius 3 is 2.96 bits per heavy atom. The molecule has 0 radical (unpaired) electrons. The molecule has 1 N–H and O–H groups in total. The fraction of sp³-hybridized carbons (Fsp3) is 0.263. The van der Waals surface area contributed by atoms with E-state index >= 15 is 0 Å². The molecule has 0 aliphatic carbocycles. The zero-order valence-electron chi connectivity index (χ0n) is 14.4. The minimum absolute atomic E-state index is 0.0869. The van der Waals surface area contributed by atoms with E-state index in [1.807, 2.05) is 25.1 Å². The average molecular weight is 349 g/mol. The maximum absolute atomic E-state index is 13.2. The maximum atomic E-state index is 13.2. The largest absolute Gasteiger partial charge is 0.329 e. The monoisotopic (exact) mass is 349 g/mol. The topological polar surface area (TPSA) is 79.6 Å². The van der Waals surface area contributed by atoms with Crippen molar-refractivity contribution in [2.45, 2.75) is 13.0 Å². The van der Waals surface area contributed by atoms with Crippen LogP contribution in [0.25, 0.3) is 5.65 Å². The third-order valence-corrected chi connectivity index (χ3v) is 4.65. The molecule has 0 bridgehead atoms. The number of pyridine rings is 2. The highest BCUT2D eigenvalue weighted by Crippen LogP contribution is 2.22. The molecule has 7 nitrogen and oxygen atoms in total. The van der Waals surface area contributed by atoms with Gasteiger partial charge >= 0.3 is 0 Å². The van der Waals surface area contributed by atoms with Crippen LogP contribution < -0.4 is 10.9 Å². The normalized spacial score (nSPS) is 17.4. The smallest absolute Gasteiger partial charge is 0.270 e. The third-order valence-electron chi connectivity index (χ3n) is 4.65. The van der Waals surface area contributed by atoms with E-state index in [2.05, 4.69) is 15.3 Å². The molecule has 1 saturated heterocycles. The molecule has 1 atom stereocenters. The standard InChI is InChI=1S/C19H19N5O2/c1-13-4-5-17-22-10-15(19(26)24(17)12-13)18(25)23-8-7-21-11-16(23)14-3-2-6-20-9-14/h2-6,9-10,12,16,21H,7-8,11H2,1H3. The Bertz CT molecular complexity index is 1020. The second-order valence-corrected chi connectivity index (χ2v) is 6.42. The summed E-state index contributed by atoms with van der Waals surface area (Å²) in [4.78, 5) is 36.2. The molecule has 1 fully saturated rings. The van der Waals surface area contributed by atoms with E-state index in [-0.39, 0.29) is 23.1 Å². The first-order valence-electron chi connectivity index (χ1n) is 8.55. The Morgan fingerprint density at radius 1 is 1.27 bits per heavy atom. The van der Waals surface area contributed by atoms with Crippen LogP contribution >= 0.6 is 0 Å². The van der Waals surface area contributed by atoms with Crippen LogP contribution in [0.4, 0.5) is 0 Å². The van der Waals surface area contributed by atoms with Crippen LogP contribution in [0.1, 0.15) is 27.5 Å². The van der Waals surface area contributed by atoms with Gasteiger partial charge in [0.1, 0.15) is 11.2 Å². The summed E-state index contributed by atoms with van der Waals surface area (Å²) in [7, 11) is 0. The summed E-state index contributed by atoms with van der Waals surface area (Å²) >= 11 is 0. The van der Waals surface area contributed by atoms with Crippen LogP contribution in [0.2, 0.25) is 0 Å². The van der Waals surface area contributed by atoms with E-state index in [0.717, 1.165) is 11.1 Å². The molecule has 1 amide bonds. The number of nitrogens with one attached hydrogen (secondary N) is 1. The van der Waals surface area contributed by atoms with Crippen LogP contribution in [0.3, 0.4) is 0 Å². The highest BCUT2D eigenvalue weighted by molar-refractivity contribution is 5.94. The highest BCUT2D eigenvalue weighted by Gasteiger charge is 2.30. The molecule has 4 heterocycles. The molecule has 7 heteroatoms. The predicted molar refractivity (Wildman–Crippen MR) is 97.1 cm³/mol. The lowest BCUT2D eigenvalue weighted by molar-refractivity contribution is 0.0631. The zero-order chi connectivity index (χ0) is 18.1. The van der Waals surface area contributed by atoms with Crippen LogP contribution in [0, 0.1) is 6.92 Å². The Hall–Kier alpha value is -3.06. The Morgan fingerprint density at radius 2 is 2.15 bits per heavy atom. The minimum atomic E-state index is -0.341. The molecule has 3 aromatic heterocycles. The zero-order valence-corrected chi connectivity index (χ0v) is 14.4. The highest BCUT2D eigenvalue weighted by atomic mass is 16.2. The van der Waals surface area contributed by atoms with E-state index in [4.69, 9.17) is 0 Å². The number of rotatable bonds is 2. The number of aryl methyl sites for hydroxylation is 1. The number of carbonyl (C=O) groups is 1. The summed E-state index contributed by atoms with van der Waals surface area (Å²) in [6, 6.07) is 7.29. The van der Waals surface area contributed by atoms with Gasteiger partial charge in [0.2, 0.25) is 0 Å². The van der Waals surface area contributed by atoms with Crippen molar-refractivity contribution in [3.63, 3.8) is 0 Å². The van der Waals surface area contributed by atoms with Crippen molar-refractivity contribution in [1.82, 2.24) is 24.6 Å². The van der Waals surface area contributed by atoms with Gasteiger partial charge in [-0.15, -0.1) is 0 Å². The second kappa shape index (κ2) is 6.68. The van der Waals surface area contributed by atoms with Crippen molar-refractivity contribution in [3.05, 3.63) is 76.1 Å². The van der Waals surface area contributed by atoms with Crippen molar-refractivity contribution >= 4 is 11.6 Å². The van der Waals surface area contributed by atoms with E-state index < -0.39 is 0 Å². The van der Waals surface area contributed by atoms with Crippen molar-refractivity contribution in [2.75, 3.05) is 19.6 Å². The van der Waals surface area contributed by atoms with Crippen LogP contribution in [0.5, 0.6) is 0 Å². The Kier molecular flexibility index (Phi) is 4.22. The molecule has 0 aromatic carbocycles. The van der Waals surface area contributed by atoms with Gasteiger partial charge in [-0.1, -0.05) is 12.1 Å². The molecule has 1 aliphatic rings. The summed E-state index contributed by atoms with van der Waals surface area (Å²) in [6.45, 7) is 3.73. The molecular formula is C19H19N5O2. The number of carbonyl (C=O) groups excluding carboxylic acids is 1. The molecule has 3 aromatic rings. The summed E-state index contributed by atoms with van der Waals surface area (Å²) in [5.41, 5.74) is 2.15. The fourth-order valence-corrected chi connectivity index (χ4v) is 3.30. The first-order chi connectivity index (χ1) is 12.6. The summed E-state index contributed by atoms with van der Waals surface area (Å²) in [5.74, 6) is -0.297. The fourth-order valence-electron chi connectivity index (χ4n) is 3.30. The second-order valence-electron chi connectivity index (χ2n) is 6.42. The molecule has 1 unspecified atom stereocenters. The van der Waals surface area contributed by atoms with Crippen molar-refractivity contribution in [1.29, 1.82) is 0 Å². The predicted octanol–water partition coefficient (Wildman–Crippen LogP) is 1.18. The van der Waals surface area contributed by atoms with E-state index in [1.54, 1.807) is 29.6 Å². The first-order valence-corrected chi connectivity index (χ1v) is 8.55. The van der Waals surface area contributed by atoms with Gasteiger partial charge in [-0.25, -0.2) is 4.98 Å². The van der Waals surface area contributed by atoms with Gasteiger partial charge in [0.05, 0.1) is 6.04 Å². The Balaban J connectivity index is 1.75.